The molecule has 4 heteroatoms. The van der Waals surface area contributed by atoms with Crippen molar-refractivity contribution in [3.8, 4) is 0 Å². The summed E-state index contributed by atoms with van der Waals surface area (Å²) in [5.74, 6) is -0.0201. The SMILES string of the molecule is C=CCNC(=O)CNC(C)COCC. The van der Waals surface area contributed by atoms with Crippen molar-refractivity contribution in [3.63, 3.8) is 0 Å². The van der Waals surface area contributed by atoms with Crippen molar-refractivity contribution >= 4 is 5.91 Å². The first kappa shape index (κ1) is 13.1. The standard InChI is InChI=1S/C10H20N2O2/c1-4-6-11-10(13)7-12-9(3)8-14-5-2/h4,9,12H,1,5-8H2,2-3H3,(H,11,13). The summed E-state index contributed by atoms with van der Waals surface area (Å²) in [5.41, 5.74) is 0. The summed E-state index contributed by atoms with van der Waals surface area (Å²) in [4.78, 5) is 11.1. The lowest BCUT2D eigenvalue weighted by Crippen LogP contribution is -2.39. The van der Waals surface area contributed by atoms with Crippen LogP contribution in [0.3, 0.4) is 0 Å². The van der Waals surface area contributed by atoms with Crippen LogP contribution >= 0.6 is 0 Å². The van der Waals surface area contributed by atoms with Gasteiger partial charge in [-0.1, -0.05) is 6.08 Å². The third kappa shape index (κ3) is 7.76. The summed E-state index contributed by atoms with van der Waals surface area (Å²) in [7, 11) is 0. The Hall–Kier alpha value is -0.870. The van der Waals surface area contributed by atoms with Gasteiger partial charge in [-0.25, -0.2) is 0 Å². The largest absolute Gasteiger partial charge is 0.380 e. The van der Waals surface area contributed by atoms with Gasteiger partial charge in [0.25, 0.3) is 0 Å². The third-order valence-corrected chi connectivity index (χ3v) is 1.63. The minimum absolute atomic E-state index is 0.0201. The molecule has 0 rings (SSSR count). The normalized spacial score (nSPS) is 12.1. The van der Waals surface area contributed by atoms with Crippen molar-refractivity contribution in [2.75, 3.05) is 26.3 Å². The fraction of sp³-hybridized carbons (Fsp3) is 0.700. The van der Waals surface area contributed by atoms with Crippen molar-refractivity contribution < 1.29 is 9.53 Å². The molecule has 0 saturated carbocycles. The second kappa shape index (κ2) is 8.72. The Morgan fingerprint density at radius 1 is 1.64 bits per heavy atom. The van der Waals surface area contributed by atoms with Crippen molar-refractivity contribution in [1.82, 2.24) is 10.6 Å². The molecule has 2 N–H and O–H groups in total. The molecule has 0 aliphatic heterocycles. The molecule has 0 saturated heterocycles. The summed E-state index contributed by atoms with van der Waals surface area (Å²) < 4.78 is 5.20. The summed E-state index contributed by atoms with van der Waals surface area (Å²) in [6, 6.07) is 0.199. The van der Waals surface area contributed by atoms with E-state index in [0.717, 1.165) is 0 Å². The first-order valence-electron chi connectivity index (χ1n) is 4.89. The molecule has 0 spiro atoms. The van der Waals surface area contributed by atoms with Crippen LogP contribution in [-0.2, 0) is 9.53 Å². The van der Waals surface area contributed by atoms with E-state index in [0.29, 0.717) is 26.3 Å². The lowest BCUT2D eigenvalue weighted by molar-refractivity contribution is -0.120. The predicted octanol–water partition coefficient (Wildman–Crippen LogP) is 0.303. The molecule has 0 bridgehead atoms. The van der Waals surface area contributed by atoms with Crippen LogP contribution in [0.1, 0.15) is 13.8 Å². The maximum absolute atomic E-state index is 11.1. The number of hydrogen-bond donors (Lipinski definition) is 2. The van der Waals surface area contributed by atoms with Gasteiger partial charge in [-0.3, -0.25) is 4.79 Å². The highest BCUT2D eigenvalue weighted by molar-refractivity contribution is 5.78. The van der Waals surface area contributed by atoms with E-state index in [1.807, 2.05) is 13.8 Å². The van der Waals surface area contributed by atoms with Gasteiger partial charge < -0.3 is 15.4 Å². The summed E-state index contributed by atoms with van der Waals surface area (Å²) >= 11 is 0. The highest BCUT2D eigenvalue weighted by Gasteiger charge is 2.03. The average Bonchev–Trinajstić information content (AvgIpc) is 2.20. The van der Waals surface area contributed by atoms with E-state index in [2.05, 4.69) is 17.2 Å². The Labute approximate surface area is 85.7 Å². The molecular weight excluding hydrogens is 180 g/mol. The topological polar surface area (TPSA) is 50.4 Å². The van der Waals surface area contributed by atoms with Crippen LogP contribution < -0.4 is 10.6 Å². The summed E-state index contributed by atoms with van der Waals surface area (Å²) in [6.45, 7) is 9.61. The monoisotopic (exact) mass is 200 g/mol. The fourth-order valence-corrected chi connectivity index (χ4v) is 0.869. The zero-order valence-corrected chi connectivity index (χ0v) is 9.01. The van der Waals surface area contributed by atoms with E-state index in [-0.39, 0.29) is 11.9 Å². The molecule has 1 amide bonds. The molecule has 4 nitrogen and oxygen atoms in total. The molecule has 82 valence electrons. The van der Waals surface area contributed by atoms with Gasteiger partial charge in [-0.05, 0) is 13.8 Å². The molecule has 0 heterocycles. The van der Waals surface area contributed by atoms with Gasteiger partial charge in [-0.15, -0.1) is 6.58 Å². The van der Waals surface area contributed by atoms with Crippen molar-refractivity contribution in [3.05, 3.63) is 12.7 Å². The van der Waals surface area contributed by atoms with E-state index >= 15 is 0 Å². The van der Waals surface area contributed by atoms with Crippen LogP contribution in [0.5, 0.6) is 0 Å². The minimum Gasteiger partial charge on any atom is -0.380 e. The molecule has 0 fully saturated rings. The number of rotatable bonds is 8. The fourth-order valence-electron chi connectivity index (χ4n) is 0.869. The van der Waals surface area contributed by atoms with E-state index < -0.39 is 0 Å². The zero-order valence-electron chi connectivity index (χ0n) is 9.01. The first-order chi connectivity index (χ1) is 6.70. The van der Waals surface area contributed by atoms with Crippen LogP contribution in [-0.4, -0.2) is 38.3 Å². The van der Waals surface area contributed by atoms with Gasteiger partial charge in [0.05, 0.1) is 13.2 Å². The van der Waals surface area contributed by atoms with Crippen LogP contribution in [0.4, 0.5) is 0 Å². The van der Waals surface area contributed by atoms with Crippen LogP contribution in [0.15, 0.2) is 12.7 Å². The minimum atomic E-state index is -0.0201. The lowest BCUT2D eigenvalue weighted by atomic mass is 10.3. The average molecular weight is 200 g/mol. The number of carbonyl (C=O) groups excluding carboxylic acids is 1. The molecule has 1 unspecified atom stereocenters. The number of nitrogens with one attached hydrogen (secondary N) is 2. The van der Waals surface area contributed by atoms with Gasteiger partial charge in [-0.2, -0.15) is 0 Å². The van der Waals surface area contributed by atoms with E-state index in [9.17, 15) is 4.79 Å². The highest BCUT2D eigenvalue weighted by Crippen LogP contribution is 1.83. The van der Waals surface area contributed by atoms with Gasteiger partial charge in [0.1, 0.15) is 0 Å². The number of amides is 1. The van der Waals surface area contributed by atoms with Crippen LogP contribution in [0.2, 0.25) is 0 Å². The van der Waals surface area contributed by atoms with Crippen molar-refractivity contribution in [2.24, 2.45) is 0 Å². The van der Waals surface area contributed by atoms with Gasteiger partial charge >= 0.3 is 0 Å². The van der Waals surface area contributed by atoms with E-state index in [1.54, 1.807) is 6.08 Å². The molecule has 0 aliphatic rings. The predicted molar refractivity (Wildman–Crippen MR) is 57.2 cm³/mol. The molecular formula is C10H20N2O2. The van der Waals surface area contributed by atoms with E-state index in [4.69, 9.17) is 4.74 Å². The maximum Gasteiger partial charge on any atom is 0.234 e. The first-order valence-corrected chi connectivity index (χ1v) is 4.89. The Kier molecular flexibility index (Phi) is 8.17. The quantitative estimate of drug-likeness (QED) is 0.554. The number of carbonyl (C=O) groups is 1. The summed E-state index contributed by atoms with van der Waals surface area (Å²) in [6.07, 6.45) is 1.65. The number of hydrogen-bond acceptors (Lipinski definition) is 3. The van der Waals surface area contributed by atoms with Gasteiger partial charge in [0.2, 0.25) is 5.91 Å². The van der Waals surface area contributed by atoms with Gasteiger partial charge in [0.15, 0.2) is 0 Å². The molecule has 0 aromatic rings. The Morgan fingerprint density at radius 3 is 2.93 bits per heavy atom. The smallest absolute Gasteiger partial charge is 0.234 e. The van der Waals surface area contributed by atoms with Crippen molar-refractivity contribution in [2.45, 2.75) is 19.9 Å². The Balaban J connectivity index is 3.40. The second-order valence-corrected chi connectivity index (χ2v) is 3.03. The maximum atomic E-state index is 11.1. The molecule has 0 aromatic heterocycles. The molecule has 0 radical (unpaired) electrons. The second-order valence-electron chi connectivity index (χ2n) is 3.03. The summed E-state index contributed by atoms with van der Waals surface area (Å²) in [5, 5.41) is 5.74. The number of ether oxygens (including phenoxy) is 1. The molecule has 1 atom stereocenters. The van der Waals surface area contributed by atoms with Crippen molar-refractivity contribution in [1.29, 1.82) is 0 Å². The lowest BCUT2D eigenvalue weighted by Gasteiger charge is -2.12. The molecule has 14 heavy (non-hydrogen) atoms. The van der Waals surface area contributed by atoms with E-state index in [1.165, 1.54) is 0 Å². The molecule has 0 aromatic carbocycles. The van der Waals surface area contributed by atoms with Crippen LogP contribution in [0, 0.1) is 0 Å². The Bertz CT molecular complexity index is 172. The van der Waals surface area contributed by atoms with Crippen LogP contribution in [0.25, 0.3) is 0 Å². The Morgan fingerprint density at radius 2 is 2.36 bits per heavy atom. The molecule has 0 aliphatic carbocycles. The van der Waals surface area contributed by atoms with Gasteiger partial charge in [0, 0.05) is 19.2 Å². The zero-order chi connectivity index (χ0) is 10.8. The highest BCUT2D eigenvalue weighted by atomic mass is 16.5. The third-order valence-electron chi connectivity index (χ3n) is 1.63.